The fourth-order valence-corrected chi connectivity index (χ4v) is 2.07. The molecule has 0 radical (unpaired) electrons. The first-order valence-corrected chi connectivity index (χ1v) is 7.54. The molecule has 0 saturated heterocycles. The van der Waals surface area contributed by atoms with E-state index in [0.717, 1.165) is 12.8 Å². The number of hydrogen-bond acceptors (Lipinski definition) is 4. The molecule has 1 aromatic rings. The van der Waals surface area contributed by atoms with Crippen LogP contribution in [-0.4, -0.2) is 25.2 Å². The van der Waals surface area contributed by atoms with Gasteiger partial charge in [0.2, 0.25) is 0 Å². The summed E-state index contributed by atoms with van der Waals surface area (Å²) in [6, 6.07) is 7.15. The number of hydrogen-bond donors (Lipinski definition) is 1. The largest absolute Gasteiger partial charge is 0.494 e. The topological polar surface area (TPSA) is 71.3 Å². The maximum atomic E-state index is 12.4. The van der Waals surface area contributed by atoms with Crippen molar-refractivity contribution in [2.24, 2.45) is 0 Å². The molecule has 1 rings (SSSR count). The number of methoxy groups -OCH3 is 1. The van der Waals surface area contributed by atoms with E-state index >= 15 is 0 Å². The maximum absolute atomic E-state index is 12.4. The molecule has 1 amide bonds. The normalized spacial score (nSPS) is 13.0. The highest BCUT2D eigenvalue weighted by Gasteiger charge is 2.32. The summed E-state index contributed by atoms with van der Waals surface area (Å²) in [5, 5.41) is 12.0. The summed E-state index contributed by atoms with van der Waals surface area (Å²) in [5.41, 5.74) is -0.0635. The predicted molar refractivity (Wildman–Crippen MR) is 85.9 cm³/mol. The number of ether oxygens (including phenoxy) is 2. The van der Waals surface area contributed by atoms with Crippen molar-refractivity contribution in [2.75, 3.05) is 19.0 Å². The second-order valence-electron chi connectivity index (χ2n) is 5.31. The molecule has 0 aliphatic carbocycles. The van der Waals surface area contributed by atoms with E-state index in [-0.39, 0.29) is 5.91 Å². The minimum atomic E-state index is -0.904. The predicted octanol–water partition coefficient (Wildman–Crippen LogP) is 3.49. The van der Waals surface area contributed by atoms with Crippen LogP contribution < -0.4 is 10.1 Å². The summed E-state index contributed by atoms with van der Waals surface area (Å²) in [4.78, 5) is 12.4. The third-order valence-electron chi connectivity index (χ3n) is 3.49. The van der Waals surface area contributed by atoms with Gasteiger partial charge in [-0.25, -0.2) is 0 Å². The molecule has 1 atom stereocenters. The van der Waals surface area contributed by atoms with Gasteiger partial charge < -0.3 is 14.8 Å². The summed E-state index contributed by atoms with van der Waals surface area (Å²) in [5.74, 6) is 0.370. The molecule has 0 spiro atoms. The zero-order valence-electron chi connectivity index (χ0n) is 13.7. The third kappa shape index (κ3) is 4.47. The molecule has 0 unspecified atom stereocenters. The van der Waals surface area contributed by atoms with Crippen LogP contribution in [0.1, 0.15) is 45.6 Å². The van der Waals surface area contributed by atoms with Crippen molar-refractivity contribution in [3.63, 3.8) is 0 Å². The smallest absolute Gasteiger partial charge is 0.256 e. The van der Waals surface area contributed by atoms with Crippen molar-refractivity contribution >= 4 is 11.6 Å². The Morgan fingerprint density at radius 1 is 1.36 bits per heavy atom. The molecule has 0 bridgehead atoms. The van der Waals surface area contributed by atoms with Crippen molar-refractivity contribution in [3.05, 3.63) is 23.8 Å². The Labute approximate surface area is 132 Å². The Morgan fingerprint density at radius 3 is 2.64 bits per heavy atom. The minimum Gasteiger partial charge on any atom is -0.494 e. The Hall–Kier alpha value is -2.06. The molecule has 5 nitrogen and oxygen atoms in total. The fourth-order valence-electron chi connectivity index (χ4n) is 2.07. The van der Waals surface area contributed by atoms with Crippen LogP contribution in [0, 0.1) is 11.3 Å². The second kappa shape index (κ2) is 8.40. The molecule has 0 aliphatic heterocycles. The van der Waals surface area contributed by atoms with E-state index in [2.05, 4.69) is 11.4 Å². The van der Waals surface area contributed by atoms with Crippen LogP contribution in [0.5, 0.6) is 5.75 Å². The highest BCUT2D eigenvalue weighted by molar-refractivity contribution is 5.98. The van der Waals surface area contributed by atoms with Gasteiger partial charge in [0.1, 0.15) is 17.4 Å². The zero-order valence-corrected chi connectivity index (χ0v) is 13.7. The number of nitriles is 1. The standard InChI is InChI=1S/C17H24N2O3/c1-5-9-17(3,21-4)16(20)19-15-8-7-14(22-10-6-2)11-13(15)12-18/h7-8,11H,5-6,9-10H2,1-4H3,(H,19,20)/t17-/m0/s1. The van der Waals surface area contributed by atoms with E-state index in [0.29, 0.717) is 30.0 Å². The van der Waals surface area contributed by atoms with Gasteiger partial charge in [0.15, 0.2) is 0 Å². The first-order chi connectivity index (χ1) is 10.5. The quantitative estimate of drug-likeness (QED) is 0.798. The number of anilines is 1. The average molecular weight is 304 g/mol. The van der Waals surface area contributed by atoms with E-state index in [1.54, 1.807) is 25.1 Å². The summed E-state index contributed by atoms with van der Waals surface area (Å²) in [6.07, 6.45) is 2.32. The summed E-state index contributed by atoms with van der Waals surface area (Å²) in [6.45, 7) is 6.34. The molecular weight excluding hydrogens is 280 g/mol. The van der Waals surface area contributed by atoms with Crippen LogP contribution in [-0.2, 0) is 9.53 Å². The molecule has 0 aromatic heterocycles. The number of amides is 1. The van der Waals surface area contributed by atoms with Crippen molar-refractivity contribution in [2.45, 2.75) is 45.6 Å². The number of carbonyl (C=O) groups excluding carboxylic acids is 1. The van der Waals surface area contributed by atoms with Gasteiger partial charge in [0, 0.05) is 7.11 Å². The average Bonchev–Trinajstić information content (AvgIpc) is 2.53. The monoisotopic (exact) mass is 304 g/mol. The Morgan fingerprint density at radius 2 is 2.09 bits per heavy atom. The van der Waals surface area contributed by atoms with Crippen LogP contribution in [0.3, 0.4) is 0 Å². The third-order valence-corrected chi connectivity index (χ3v) is 3.49. The van der Waals surface area contributed by atoms with Crippen molar-refractivity contribution < 1.29 is 14.3 Å². The summed E-state index contributed by atoms with van der Waals surface area (Å²) >= 11 is 0. The Balaban J connectivity index is 2.93. The van der Waals surface area contributed by atoms with E-state index in [1.807, 2.05) is 13.8 Å². The van der Waals surface area contributed by atoms with Gasteiger partial charge in [-0.15, -0.1) is 0 Å². The zero-order chi connectivity index (χ0) is 16.6. The summed E-state index contributed by atoms with van der Waals surface area (Å²) in [7, 11) is 1.52. The molecule has 120 valence electrons. The molecular formula is C17H24N2O3. The van der Waals surface area contributed by atoms with Crippen LogP contribution in [0.4, 0.5) is 5.69 Å². The fraction of sp³-hybridized carbons (Fsp3) is 0.529. The molecule has 5 heteroatoms. The Kier molecular flexibility index (Phi) is 6.87. The lowest BCUT2D eigenvalue weighted by molar-refractivity contribution is -0.136. The second-order valence-corrected chi connectivity index (χ2v) is 5.31. The number of nitrogens with zero attached hydrogens (tertiary/aromatic N) is 1. The van der Waals surface area contributed by atoms with Crippen LogP contribution in [0.15, 0.2) is 18.2 Å². The van der Waals surface area contributed by atoms with Crippen LogP contribution in [0.2, 0.25) is 0 Å². The molecule has 0 heterocycles. The first-order valence-electron chi connectivity index (χ1n) is 7.54. The van der Waals surface area contributed by atoms with Gasteiger partial charge in [-0.05, 0) is 38.0 Å². The van der Waals surface area contributed by atoms with E-state index in [9.17, 15) is 10.1 Å². The molecule has 1 N–H and O–H groups in total. The molecule has 0 aliphatic rings. The van der Waals surface area contributed by atoms with Gasteiger partial charge >= 0.3 is 0 Å². The van der Waals surface area contributed by atoms with E-state index in [1.165, 1.54) is 7.11 Å². The highest BCUT2D eigenvalue weighted by atomic mass is 16.5. The van der Waals surface area contributed by atoms with Gasteiger partial charge in [-0.1, -0.05) is 20.3 Å². The van der Waals surface area contributed by atoms with Crippen molar-refractivity contribution in [3.8, 4) is 11.8 Å². The van der Waals surface area contributed by atoms with E-state index in [4.69, 9.17) is 9.47 Å². The lowest BCUT2D eigenvalue weighted by Crippen LogP contribution is -2.41. The van der Waals surface area contributed by atoms with E-state index < -0.39 is 5.60 Å². The van der Waals surface area contributed by atoms with Gasteiger partial charge in [0.25, 0.3) is 5.91 Å². The Bertz CT molecular complexity index is 551. The van der Waals surface area contributed by atoms with Crippen molar-refractivity contribution in [1.29, 1.82) is 5.26 Å². The van der Waals surface area contributed by atoms with Crippen LogP contribution in [0.25, 0.3) is 0 Å². The maximum Gasteiger partial charge on any atom is 0.256 e. The van der Waals surface area contributed by atoms with Gasteiger partial charge in [-0.3, -0.25) is 4.79 Å². The number of nitrogens with one attached hydrogen (secondary N) is 1. The SMILES string of the molecule is CCCOc1ccc(NC(=O)[C@](C)(CCC)OC)c(C#N)c1. The van der Waals surface area contributed by atoms with Crippen LogP contribution >= 0.6 is 0 Å². The summed E-state index contributed by atoms with van der Waals surface area (Å²) < 4.78 is 10.8. The lowest BCUT2D eigenvalue weighted by atomic mass is 9.99. The first kappa shape index (κ1) is 18.0. The lowest BCUT2D eigenvalue weighted by Gasteiger charge is -2.26. The number of benzene rings is 1. The number of rotatable bonds is 8. The van der Waals surface area contributed by atoms with Crippen molar-refractivity contribution in [1.82, 2.24) is 0 Å². The van der Waals surface area contributed by atoms with Gasteiger partial charge in [0.05, 0.1) is 17.9 Å². The molecule has 22 heavy (non-hydrogen) atoms. The molecule has 0 fully saturated rings. The van der Waals surface area contributed by atoms with Gasteiger partial charge in [-0.2, -0.15) is 5.26 Å². The minimum absolute atomic E-state index is 0.254. The molecule has 1 aromatic carbocycles. The molecule has 0 saturated carbocycles. The highest BCUT2D eigenvalue weighted by Crippen LogP contribution is 2.25. The number of carbonyl (C=O) groups is 1.